The molecule has 0 aliphatic heterocycles. The molecule has 30 heavy (non-hydrogen) atoms. The number of aromatic nitrogens is 2. The maximum Gasteiger partial charge on any atom is 0.252 e. The van der Waals surface area contributed by atoms with E-state index in [0.717, 1.165) is 0 Å². The smallest absolute Gasteiger partial charge is 0.252 e. The molecule has 0 saturated carbocycles. The summed E-state index contributed by atoms with van der Waals surface area (Å²) in [6.07, 6.45) is 7.14. The highest BCUT2D eigenvalue weighted by atomic mass is 79.9. The van der Waals surface area contributed by atoms with Crippen LogP contribution in [0.2, 0.25) is 0 Å². The molecule has 8 heteroatoms. The Bertz CT molecular complexity index is 947. The number of hydrogen-bond donors (Lipinski definition) is 3. The maximum absolute atomic E-state index is 13.2. The number of aliphatic hydroxyl groups is 1. The van der Waals surface area contributed by atoms with Gasteiger partial charge in [-0.25, -0.2) is 9.07 Å². The lowest BCUT2D eigenvalue weighted by molar-refractivity contribution is -0.115. The van der Waals surface area contributed by atoms with Crippen LogP contribution in [0.1, 0.15) is 38.4 Å². The zero-order chi connectivity index (χ0) is 22.7. The minimum atomic E-state index is -0.416. The van der Waals surface area contributed by atoms with Crippen molar-refractivity contribution in [3.8, 4) is 5.69 Å². The summed E-state index contributed by atoms with van der Waals surface area (Å²) in [5, 5.41) is 23.8. The minimum Gasteiger partial charge on any atom is -0.510 e. The molecule has 0 fully saturated rings. The summed E-state index contributed by atoms with van der Waals surface area (Å²) in [4.78, 5) is 12.5. The fourth-order valence-corrected chi connectivity index (χ4v) is 2.69. The third-order valence-corrected chi connectivity index (χ3v) is 3.85. The number of benzene rings is 1. The molecule has 6 nitrogen and oxygen atoms in total. The Labute approximate surface area is 184 Å². The van der Waals surface area contributed by atoms with Gasteiger partial charge in [0.1, 0.15) is 16.2 Å². The van der Waals surface area contributed by atoms with Gasteiger partial charge in [0.15, 0.2) is 0 Å². The monoisotopic (exact) mass is 476 g/mol. The second kappa shape index (κ2) is 12.5. The molecule has 0 spiro atoms. The Morgan fingerprint density at radius 2 is 1.97 bits per heavy atom. The van der Waals surface area contributed by atoms with Crippen molar-refractivity contribution in [2.75, 3.05) is 6.54 Å². The molecule has 160 valence electrons. The zero-order valence-corrected chi connectivity index (χ0v) is 18.8. The van der Waals surface area contributed by atoms with Gasteiger partial charge in [0.2, 0.25) is 0 Å². The molecule has 0 aliphatic rings. The van der Waals surface area contributed by atoms with E-state index in [9.17, 15) is 14.3 Å². The molecule has 2 aromatic rings. The molecule has 1 heterocycles. The van der Waals surface area contributed by atoms with Gasteiger partial charge in [-0.3, -0.25) is 10.2 Å². The summed E-state index contributed by atoms with van der Waals surface area (Å²) >= 11 is 2.89. The van der Waals surface area contributed by atoms with Crippen LogP contribution >= 0.6 is 15.9 Å². The Morgan fingerprint density at radius 1 is 1.37 bits per heavy atom. The first-order valence-electron chi connectivity index (χ1n) is 9.33. The predicted molar refractivity (Wildman–Crippen MR) is 124 cm³/mol. The second-order valence-corrected chi connectivity index (χ2v) is 6.97. The minimum absolute atomic E-state index is 0.00461. The van der Waals surface area contributed by atoms with E-state index in [1.165, 1.54) is 30.8 Å². The number of nitrogens with one attached hydrogen (secondary N) is 2. The number of nitrogens with zero attached hydrogens (tertiary/aromatic N) is 2. The summed E-state index contributed by atoms with van der Waals surface area (Å²) in [5.74, 6) is -0.934. The highest BCUT2D eigenvalue weighted by molar-refractivity contribution is 9.18. The van der Waals surface area contributed by atoms with Crippen molar-refractivity contribution in [3.63, 3.8) is 0 Å². The Balaban J connectivity index is 0.00000141. The third-order valence-electron chi connectivity index (χ3n) is 3.62. The molecule has 0 atom stereocenters. The van der Waals surface area contributed by atoms with Crippen LogP contribution in [0, 0.1) is 11.2 Å². The fraction of sp³-hybridized carbons (Fsp3) is 0.227. The van der Waals surface area contributed by atoms with E-state index in [0.29, 0.717) is 22.5 Å². The molecule has 0 unspecified atom stereocenters. The maximum atomic E-state index is 13.2. The van der Waals surface area contributed by atoms with Crippen molar-refractivity contribution in [2.24, 2.45) is 0 Å². The average Bonchev–Trinajstić information content (AvgIpc) is 3.11. The van der Waals surface area contributed by atoms with Crippen molar-refractivity contribution < 1.29 is 14.3 Å². The molecule has 1 aromatic carbocycles. The van der Waals surface area contributed by atoms with E-state index in [-0.39, 0.29) is 22.7 Å². The highest BCUT2D eigenvalue weighted by Gasteiger charge is 2.18. The van der Waals surface area contributed by atoms with E-state index < -0.39 is 5.91 Å². The Kier molecular flexibility index (Phi) is 10.5. The predicted octanol–water partition coefficient (Wildman–Crippen LogP) is 5.40. The first kappa shape index (κ1) is 25.0. The van der Waals surface area contributed by atoms with Gasteiger partial charge in [0, 0.05) is 17.2 Å². The van der Waals surface area contributed by atoms with Crippen molar-refractivity contribution >= 4 is 38.1 Å². The number of rotatable bonds is 7. The zero-order valence-electron chi connectivity index (χ0n) is 17.2. The van der Waals surface area contributed by atoms with E-state index in [2.05, 4.69) is 46.8 Å². The number of halogens is 2. The summed E-state index contributed by atoms with van der Waals surface area (Å²) in [5.41, 5.74) is 2.10. The van der Waals surface area contributed by atoms with Crippen LogP contribution in [0.3, 0.4) is 0 Å². The van der Waals surface area contributed by atoms with Crippen LogP contribution in [0.15, 0.2) is 55.0 Å². The van der Waals surface area contributed by atoms with E-state index in [4.69, 9.17) is 5.41 Å². The summed E-state index contributed by atoms with van der Waals surface area (Å²) < 4.78 is 14.7. The molecule has 0 bridgehead atoms. The molecule has 2 rings (SSSR count). The Morgan fingerprint density at radius 3 is 2.47 bits per heavy atom. The van der Waals surface area contributed by atoms with Gasteiger partial charge in [-0.15, -0.1) is 0 Å². The van der Waals surface area contributed by atoms with Gasteiger partial charge < -0.3 is 10.4 Å². The molecule has 0 radical (unpaired) electrons. The van der Waals surface area contributed by atoms with Crippen LogP contribution in [-0.2, 0) is 4.79 Å². The molecule has 1 amide bonds. The van der Waals surface area contributed by atoms with Gasteiger partial charge in [-0.05, 0) is 53.2 Å². The number of carbonyl (C=O) groups excluding carboxylic acids is 1. The molecular weight excluding hydrogens is 451 g/mol. The quantitative estimate of drug-likeness (QED) is 0.283. The van der Waals surface area contributed by atoms with Crippen LogP contribution < -0.4 is 5.32 Å². The summed E-state index contributed by atoms with van der Waals surface area (Å²) in [6.45, 7) is 9.61. The third kappa shape index (κ3) is 7.11. The molecule has 3 N–H and O–H groups in total. The van der Waals surface area contributed by atoms with Crippen molar-refractivity contribution in [2.45, 2.75) is 27.2 Å². The van der Waals surface area contributed by atoms with Crippen LogP contribution in [0.5, 0.6) is 0 Å². The SMILES string of the molecule is C=Cc1c(/C(=C\C)C(=O)NC/C(O)=C/C(=N)Br)cnn1-c1ccc(F)cc1.CCC. The molecule has 0 saturated heterocycles. The van der Waals surface area contributed by atoms with E-state index >= 15 is 0 Å². The molecule has 1 aromatic heterocycles. The van der Waals surface area contributed by atoms with Crippen LogP contribution in [0.25, 0.3) is 17.3 Å². The van der Waals surface area contributed by atoms with Gasteiger partial charge in [-0.2, -0.15) is 5.10 Å². The van der Waals surface area contributed by atoms with Crippen LogP contribution in [-0.4, -0.2) is 32.0 Å². The number of amides is 1. The normalized spacial score (nSPS) is 11.4. The van der Waals surface area contributed by atoms with Gasteiger partial charge in [0.25, 0.3) is 5.91 Å². The second-order valence-electron chi connectivity index (χ2n) is 6.11. The van der Waals surface area contributed by atoms with Crippen LogP contribution in [0.4, 0.5) is 4.39 Å². The highest BCUT2D eigenvalue weighted by Crippen LogP contribution is 2.23. The largest absolute Gasteiger partial charge is 0.510 e. The Hall–Kier alpha value is -3.00. The van der Waals surface area contributed by atoms with Crippen molar-refractivity contribution in [1.29, 1.82) is 5.41 Å². The number of carbonyl (C=O) groups is 1. The molecule has 0 aliphatic carbocycles. The lowest BCUT2D eigenvalue weighted by atomic mass is 10.1. The summed E-state index contributed by atoms with van der Waals surface area (Å²) in [6, 6.07) is 5.80. The fourth-order valence-electron chi connectivity index (χ4n) is 2.42. The van der Waals surface area contributed by atoms with Crippen molar-refractivity contribution in [1.82, 2.24) is 15.1 Å². The van der Waals surface area contributed by atoms with Gasteiger partial charge in [-0.1, -0.05) is 32.9 Å². The standard InChI is InChI=1S/C19H18BrFN4O2.C3H8/c1-3-15(19(27)23-10-14(26)9-18(20)22)16-11-24-25(17(16)4-2)13-7-5-12(21)6-8-13;1-3-2/h3-9,11,22,26H,2,10H2,1H3,(H,23,27);3H2,1-2H3/b14-9-,15-3+,22-18?;. The first-order valence-corrected chi connectivity index (χ1v) is 10.1. The topological polar surface area (TPSA) is 91.0 Å². The number of allylic oxidation sites excluding steroid dienone is 2. The van der Waals surface area contributed by atoms with Gasteiger partial charge in [0.05, 0.1) is 24.1 Å². The average molecular weight is 477 g/mol. The number of aliphatic hydroxyl groups excluding tert-OH is 1. The van der Waals surface area contributed by atoms with Gasteiger partial charge >= 0.3 is 0 Å². The van der Waals surface area contributed by atoms with E-state index in [1.807, 2.05) is 0 Å². The number of hydrogen-bond acceptors (Lipinski definition) is 4. The summed E-state index contributed by atoms with van der Waals surface area (Å²) in [7, 11) is 0. The lowest BCUT2D eigenvalue weighted by Gasteiger charge is -2.10. The lowest BCUT2D eigenvalue weighted by Crippen LogP contribution is -2.26. The molecular formula is C22H26BrFN4O2. The first-order chi connectivity index (χ1) is 14.3. The van der Waals surface area contributed by atoms with E-state index in [1.54, 1.807) is 35.9 Å². The van der Waals surface area contributed by atoms with Crippen molar-refractivity contribution in [3.05, 3.63) is 72.0 Å².